The van der Waals surface area contributed by atoms with E-state index < -0.39 is 23.5 Å². The van der Waals surface area contributed by atoms with E-state index in [4.69, 9.17) is 9.47 Å². The Morgan fingerprint density at radius 3 is 2.32 bits per heavy atom. The van der Waals surface area contributed by atoms with Gasteiger partial charge in [0.05, 0.1) is 17.9 Å². The molecule has 0 radical (unpaired) electrons. The number of aromatic nitrogens is 2. The van der Waals surface area contributed by atoms with Crippen molar-refractivity contribution in [1.29, 1.82) is 0 Å². The summed E-state index contributed by atoms with van der Waals surface area (Å²) in [5.41, 5.74) is 2.56. The number of aliphatic carboxylic acids is 1. The number of ether oxygens (including phenoxy) is 2. The van der Waals surface area contributed by atoms with Crippen molar-refractivity contribution < 1.29 is 23.8 Å². The van der Waals surface area contributed by atoms with Crippen molar-refractivity contribution in [2.75, 3.05) is 24.6 Å². The van der Waals surface area contributed by atoms with Crippen LogP contribution in [0.15, 0.2) is 18.5 Å². The van der Waals surface area contributed by atoms with Crippen LogP contribution in [0.25, 0.3) is 11.1 Å². The molecule has 1 aliphatic carbocycles. The summed E-state index contributed by atoms with van der Waals surface area (Å²) in [4.78, 5) is 23.6. The topological polar surface area (TPSA) is 84.8 Å². The second kappa shape index (κ2) is 9.86. The standard InChI is InChI=1S/C29H40FN3O4/c1-18-22(24(26(34)35)37-27(2,3)4)23(33-12-10-28(5,6)11-13-33)20(16-31-18)19-14-21(30)25(32-15-19)36-17-29(7)8-9-29/h14-16,24H,8-13,17H2,1-7H3,(H,34,35)/t24-/m0/s1. The molecule has 2 fully saturated rings. The molecule has 1 N–H and O–H groups in total. The largest absolute Gasteiger partial charge is 0.479 e. The molecule has 2 aliphatic rings. The van der Waals surface area contributed by atoms with Crippen molar-refractivity contribution in [2.45, 2.75) is 85.9 Å². The molecule has 1 atom stereocenters. The molecule has 2 aromatic rings. The minimum absolute atomic E-state index is 0.0158. The molecule has 4 rings (SSSR count). The van der Waals surface area contributed by atoms with Crippen molar-refractivity contribution in [2.24, 2.45) is 10.8 Å². The van der Waals surface area contributed by atoms with E-state index in [2.05, 4.69) is 35.6 Å². The van der Waals surface area contributed by atoms with Crippen LogP contribution in [0, 0.1) is 23.6 Å². The van der Waals surface area contributed by atoms with Crippen molar-refractivity contribution in [1.82, 2.24) is 9.97 Å². The lowest BCUT2D eigenvalue weighted by molar-refractivity contribution is -0.160. The molecule has 1 aliphatic heterocycles. The van der Waals surface area contributed by atoms with E-state index in [1.54, 1.807) is 19.3 Å². The Morgan fingerprint density at radius 1 is 1.14 bits per heavy atom. The second-order valence-corrected chi connectivity index (χ2v) is 12.7. The van der Waals surface area contributed by atoms with E-state index in [-0.39, 0.29) is 16.7 Å². The number of carbonyl (C=O) groups is 1. The average Bonchev–Trinajstić information content (AvgIpc) is 3.53. The Labute approximate surface area is 219 Å². The number of piperidine rings is 1. The predicted molar refractivity (Wildman–Crippen MR) is 141 cm³/mol. The van der Waals surface area contributed by atoms with E-state index >= 15 is 4.39 Å². The number of rotatable bonds is 8. The lowest BCUT2D eigenvalue weighted by Gasteiger charge is -2.40. The average molecular weight is 514 g/mol. The predicted octanol–water partition coefficient (Wildman–Crippen LogP) is 6.34. The molecule has 1 saturated heterocycles. The zero-order chi connectivity index (χ0) is 27.2. The van der Waals surface area contributed by atoms with Crippen LogP contribution in [0.4, 0.5) is 10.1 Å². The summed E-state index contributed by atoms with van der Waals surface area (Å²) in [6.45, 7) is 15.8. The van der Waals surface area contributed by atoms with E-state index in [1.165, 1.54) is 6.07 Å². The van der Waals surface area contributed by atoms with Crippen molar-refractivity contribution in [3.63, 3.8) is 0 Å². The van der Waals surface area contributed by atoms with Gasteiger partial charge in [0.1, 0.15) is 0 Å². The quantitative estimate of drug-likeness (QED) is 0.441. The molecular formula is C29H40FN3O4. The minimum atomic E-state index is -1.22. The van der Waals surface area contributed by atoms with Gasteiger partial charge in [-0.3, -0.25) is 4.98 Å². The molecule has 8 heteroatoms. The summed E-state index contributed by atoms with van der Waals surface area (Å²) in [6.07, 6.45) is 6.08. The third-order valence-electron chi connectivity index (χ3n) is 7.46. The Morgan fingerprint density at radius 2 is 1.78 bits per heavy atom. The highest BCUT2D eigenvalue weighted by Crippen LogP contribution is 2.46. The fraction of sp³-hybridized carbons (Fsp3) is 0.621. The molecule has 0 aromatic carbocycles. The first kappa shape index (κ1) is 27.3. The summed E-state index contributed by atoms with van der Waals surface area (Å²) in [6, 6.07) is 1.41. The summed E-state index contributed by atoms with van der Waals surface area (Å²) >= 11 is 0. The zero-order valence-corrected chi connectivity index (χ0v) is 23.2. The number of hydrogen-bond acceptors (Lipinski definition) is 6. The Hall–Kier alpha value is -2.74. The van der Waals surface area contributed by atoms with Crippen LogP contribution in [0.2, 0.25) is 0 Å². The highest BCUT2D eigenvalue weighted by molar-refractivity contribution is 5.86. The van der Waals surface area contributed by atoms with Gasteiger partial charge < -0.3 is 19.5 Å². The van der Waals surface area contributed by atoms with E-state index in [0.717, 1.165) is 44.5 Å². The van der Waals surface area contributed by atoms with Gasteiger partial charge in [-0.1, -0.05) is 20.8 Å². The fourth-order valence-corrected chi connectivity index (χ4v) is 4.68. The molecule has 2 aromatic heterocycles. The van der Waals surface area contributed by atoms with Crippen LogP contribution >= 0.6 is 0 Å². The highest BCUT2D eigenvalue weighted by atomic mass is 19.1. The van der Waals surface area contributed by atoms with Crippen LogP contribution in [0.1, 0.15) is 84.6 Å². The molecular weight excluding hydrogens is 473 g/mol. The molecule has 3 heterocycles. The van der Waals surface area contributed by atoms with Crippen LogP contribution in [-0.2, 0) is 9.53 Å². The number of nitrogens with zero attached hydrogens (tertiary/aromatic N) is 3. The summed E-state index contributed by atoms with van der Waals surface area (Å²) in [5, 5.41) is 10.2. The third-order valence-corrected chi connectivity index (χ3v) is 7.46. The van der Waals surface area contributed by atoms with Gasteiger partial charge in [0, 0.05) is 53.3 Å². The van der Waals surface area contributed by atoms with Crippen molar-refractivity contribution in [3.05, 3.63) is 35.5 Å². The van der Waals surface area contributed by atoms with E-state index in [0.29, 0.717) is 29.0 Å². The van der Waals surface area contributed by atoms with E-state index in [1.807, 2.05) is 20.8 Å². The lowest BCUT2D eigenvalue weighted by atomic mass is 9.82. The van der Waals surface area contributed by atoms with Gasteiger partial charge >= 0.3 is 5.97 Å². The summed E-state index contributed by atoms with van der Waals surface area (Å²) < 4.78 is 26.9. The Bertz CT molecular complexity index is 1160. The molecule has 202 valence electrons. The number of carboxylic acids is 1. The lowest BCUT2D eigenvalue weighted by Crippen LogP contribution is -2.39. The SMILES string of the molecule is Cc1ncc(-c2cnc(OCC3(C)CC3)c(F)c2)c(N2CCC(C)(C)CC2)c1[C@H](OC(C)(C)C)C(=O)O. The van der Waals surface area contributed by atoms with Crippen LogP contribution in [0.5, 0.6) is 5.88 Å². The number of anilines is 1. The van der Waals surface area contributed by atoms with Gasteiger partial charge in [-0.25, -0.2) is 14.2 Å². The van der Waals surface area contributed by atoms with Gasteiger partial charge in [-0.2, -0.15) is 0 Å². The maximum atomic E-state index is 15.2. The number of carboxylic acid groups (broad SMARTS) is 1. The smallest absolute Gasteiger partial charge is 0.337 e. The van der Waals surface area contributed by atoms with Crippen LogP contribution in [0.3, 0.4) is 0 Å². The Kier molecular flexibility index (Phi) is 7.27. The number of aryl methyl sites for hydroxylation is 1. The monoisotopic (exact) mass is 513 g/mol. The zero-order valence-electron chi connectivity index (χ0n) is 23.2. The van der Waals surface area contributed by atoms with Gasteiger partial charge in [0.25, 0.3) is 0 Å². The summed E-state index contributed by atoms with van der Waals surface area (Å²) in [7, 11) is 0. The minimum Gasteiger partial charge on any atom is -0.479 e. The van der Waals surface area contributed by atoms with E-state index in [9.17, 15) is 9.90 Å². The molecule has 0 bridgehead atoms. The number of hydrogen-bond donors (Lipinski definition) is 1. The molecule has 0 spiro atoms. The maximum Gasteiger partial charge on any atom is 0.337 e. The molecule has 0 unspecified atom stereocenters. The molecule has 7 nitrogen and oxygen atoms in total. The normalized spacial score (nSPS) is 19.4. The molecule has 37 heavy (non-hydrogen) atoms. The van der Waals surface area contributed by atoms with Gasteiger partial charge in [0.2, 0.25) is 5.88 Å². The number of pyridine rings is 2. The first-order valence-electron chi connectivity index (χ1n) is 13.1. The highest BCUT2D eigenvalue weighted by Gasteiger charge is 2.39. The third kappa shape index (κ3) is 6.40. The maximum absolute atomic E-state index is 15.2. The first-order valence-corrected chi connectivity index (χ1v) is 13.1. The second-order valence-electron chi connectivity index (χ2n) is 12.7. The summed E-state index contributed by atoms with van der Waals surface area (Å²) in [5.74, 6) is -1.65. The van der Waals surface area contributed by atoms with Gasteiger partial charge in [-0.15, -0.1) is 0 Å². The van der Waals surface area contributed by atoms with Gasteiger partial charge in [-0.05, 0) is 64.9 Å². The first-order chi connectivity index (χ1) is 17.2. The Balaban J connectivity index is 1.81. The van der Waals surface area contributed by atoms with Crippen LogP contribution in [-0.4, -0.2) is 46.3 Å². The van der Waals surface area contributed by atoms with Crippen molar-refractivity contribution >= 4 is 11.7 Å². The van der Waals surface area contributed by atoms with Gasteiger partial charge in [0.15, 0.2) is 11.9 Å². The molecule has 1 saturated carbocycles. The van der Waals surface area contributed by atoms with Crippen molar-refractivity contribution in [3.8, 4) is 17.0 Å². The van der Waals surface area contributed by atoms with Crippen LogP contribution < -0.4 is 9.64 Å². The molecule has 0 amide bonds. The fourth-order valence-electron chi connectivity index (χ4n) is 4.68. The number of halogens is 1.